The summed E-state index contributed by atoms with van der Waals surface area (Å²) in [5, 5.41) is 1.67. The van der Waals surface area contributed by atoms with Gasteiger partial charge in [-0.2, -0.15) is 11.8 Å². The van der Waals surface area contributed by atoms with E-state index < -0.39 is 0 Å². The topological polar surface area (TPSA) is 3.24 Å². The van der Waals surface area contributed by atoms with Gasteiger partial charge < -0.3 is 0 Å². The summed E-state index contributed by atoms with van der Waals surface area (Å²) >= 11 is 16.6. The molecule has 19 heavy (non-hydrogen) atoms. The van der Waals surface area contributed by atoms with Gasteiger partial charge in [-0.05, 0) is 23.8 Å². The van der Waals surface area contributed by atoms with Crippen LogP contribution in [0.3, 0.4) is 0 Å². The monoisotopic (exact) mass is 331 g/mol. The molecule has 1 fully saturated rings. The third-order valence-corrected chi connectivity index (χ3v) is 6.22. The molecule has 0 unspecified atom stereocenters. The zero-order valence-electron chi connectivity index (χ0n) is 10.5. The minimum Gasteiger partial charge on any atom is -0.298 e. The standard InChI is InChI=1S/C14H15Cl2NS2/c15-11-1-2-13-12(7-11)14(16)10(9-19-13)8-17-3-5-18-6-4-17/h1-2,7H,3-6,8-9H2. The molecule has 0 radical (unpaired) electrons. The Balaban J connectivity index is 1.83. The van der Waals surface area contributed by atoms with Crippen molar-refractivity contribution in [3.8, 4) is 0 Å². The average Bonchev–Trinajstić information content (AvgIpc) is 2.44. The first-order valence-corrected chi connectivity index (χ1v) is 9.24. The molecule has 1 saturated heterocycles. The van der Waals surface area contributed by atoms with Crippen molar-refractivity contribution in [3.05, 3.63) is 34.4 Å². The number of benzene rings is 1. The molecule has 2 heterocycles. The van der Waals surface area contributed by atoms with Gasteiger partial charge in [-0.25, -0.2) is 0 Å². The number of thioether (sulfide) groups is 2. The van der Waals surface area contributed by atoms with Gasteiger partial charge in [0.05, 0.1) is 5.03 Å². The predicted molar refractivity (Wildman–Crippen MR) is 88.7 cm³/mol. The molecule has 1 aromatic rings. The minimum absolute atomic E-state index is 0.758. The van der Waals surface area contributed by atoms with E-state index >= 15 is 0 Å². The van der Waals surface area contributed by atoms with E-state index in [-0.39, 0.29) is 0 Å². The smallest absolute Gasteiger partial charge is 0.0503 e. The summed E-state index contributed by atoms with van der Waals surface area (Å²) in [7, 11) is 0. The predicted octanol–water partition coefficient (Wildman–Crippen LogP) is 4.44. The van der Waals surface area contributed by atoms with Gasteiger partial charge in [-0.1, -0.05) is 23.2 Å². The Morgan fingerprint density at radius 3 is 2.74 bits per heavy atom. The lowest BCUT2D eigenvalue weighted by atomic mass is 10.1. The number of hydrogen-bond acceptors (Lipinski definition) is 3. The molecular weight excluding hydrogens is 317 g/mol. The first-order valence-electron chi connectivity index (χ1n) is 6.34. The highest BCUT2D eigenvalue weighted by molar-refractivity contribution is 7.99. The number of hydrogen-bond donors (Lipinski definition) is 0. The van der Waals surface area contributed by atoms with Gasteiger partial charge >= 0.3 is 0 Å². The number of halogens is 2. The van der Waals surface area contributed by atoms with Crippen molar-refractivity contribution in [2.24, 2.45) is 0 Å². The maximum Gasteiger partial charge on any atom is 0.0503 e. The van der Waals surface area contributed by atoms with Gasteiger partial charge in [0.25, 0.3) is 0 Å². The van der Waals surface area contributed by atoms with E-state index in [0.717, 1.165) is 27.9 Å². The van der Waals surface area contributed by atoms with Gasteiger partial charge in [0.2, 0.25) is 0 Å². The summed E-state index contributed by atoms with van der Waals surface area (Å²) in [6, 6.07) is 5.99. The molecular formula is C14H15Cl2NS2. The van der Waals surface area contributed by atoms with E-state index in [4.69, 9.17) is 23.2 Å². The lowest BCUT2D eigenvalue weighted by Crippen LogP contribution is -2.34. The second-order valence-electron chi connectivity index (χ2n) is 4.74. The second-order valence-corrected chi connectivity index (χ2v) is 7.79. The zero-order valence-corrected chi connectivity index (χ0v) is 13.6. The van der Waals surface area contributed by atoms with Crippen molar-refractivity contribution in [3.63, 3.8) is 0 Å². The molecule has 0 aliphatic carbocycles. The molecule has 2 aliphatic rings. The van der Waals surface area contributed by atoms with E-state index in [1.165, 1.54) is 35.1 Å². The molecule has 0 atom stereocenters. The molecule has 0 N–H and O–H groups in total. The second kappa shape index (κ2) is 6.31. The Kier molecular flexibility index (Phi) is 4.70. The van der Waals surface area contributed by atoms with Crippen LogP contribution in [0.25, 0.3) is 5.03 Å². The van der Waals surface area contributed by atoms with Crippen molar-refractivity contribution < 1.29 is 0 Å². The Bertz CT molecular complexity index is 510. The summed E-state index contributed by atoms with van der Waals surface area (Å²) in [4.78, 5) is 3.75. The van der Waals surface area contributed by atoms with Crippen LogP contribution < -0.4 is 0 Å². The third-order valence-electron chi connectivity index (χ3n) is 3.41. The lowest BCUT2D eigenvalue weighted by Gasteiger charge is -2.29. The summed E-state index contributed by atoms with van der Waals surface area (Å²) in [5.74, 6) is 3.47. The molecule has 0 spiro atoms. The van der Waals surface area contributed by atoms with Gasteiger partial charge in [0, 0.05) is 52.4 Å². The highest BCUT2D eigenvalue weighted by Gasteiger charge is 2.21. The first kappa shape index (κ1) is 14.2. The highest BCUT2D eigenvalue weighted by Crippen LogP contribution is 2.40. The van der Waals surface area contributed by atoms with E-state index in [0.29, 0.717) is 0 Å². The van der Waals surface area contributed by atoms with Crippen molar-refractivity contribution in [1.29, 1.82) is 0 Å². The Hall–Kier alpha value is 0.200. The summed E-state index contributed by atoms with van der Waals surface area (Å²) in [6.45, 7) is 3.34. The van der Waals surface area contributed by atoms with Crippen molar-refractivity contribution >= 4 is 51.8 Å². The summed E-state index contributed by atoms with van der Waals surface area (Å²) in [5.41, 5.74) is 2.44. The molecule has 3 rings (SSSR count). The maximum atomic E-state index is 6.58. The maximum absolute atomic E-state index is 6.58. The van der Waals surface area contributed by atoms with Crippen molar-refractivity contribution in [1.82, 2.24) is 4.90 Å². The molecule has 1 nitrogen and oxygen atoms in total. The summed E-state index contributed by atoms with van der Waals surface area (Å²) in [6.07, 6.45) is 0. The van der Waals surface area contributed by atoms with Gasteiger partial charge in [-0.15, -0.1) is 11.8 Å². The van der Waals surface area contributed by atoms with Crippen LogP contribution in [0.2, 0.25) is 5.02 Å². The van der Waals surface area contributed by atoms with Gasteiger partial charge in [-0.3, -0.25) is 4.90 Å². The quantitative estimate of drug-likeness (QED) is 0.788. The highest BCUT2D eigenvalue weighted by atomic mass is 35.5. The van der Waals surface area contributed by atoms with Crippen LogP contribution in [0.4, 0.5) is 0 Å². The normalized spacial score (nSPS) is 20.5. The van der Waals surface area contributed by atoms with Crippen LogP contribution in [0.1, 0.15) is 5.56 Å². The zero-order chi connectivity index (χ0) is 13.2. The van der Waals surface area contributed by atoms with Crippen molar-refractivity contribution in [2.45, 2.75) is 4.90 Å². The minimum atomic E-state index is 0.758. The van der Waals surface area contributed by atoms with Gasteiger partial charge in [0.1, 0.15) is 0 Å². The van der Waals surface area contributed by atoms with Gasteiger partial charge in [0.15, 0.2) is 0 Å². The lowest BCUT2D eigenvalue weighted by molar-refractivity contribution is 0.329. The van der Waals surface area contributed by atoms with E-state index in [9.17, 15) is 0 Å². The van der Waals surface area contributed by atoms with Crippen LogP contribution >= 0.6 is 46.7 Å². The molecule has 0 saturated carbocycles. The Morgan fingerprint density at radius 1 is 1.16 bits per heavy atom. The third kappa shape index (κ3) is 3.27. The molecule has 0 aromatic heterocycles. The SMILES string of the molecule is ClC1=C(CN2CCSCC2)CSc2ccc(Cl)cc21. The van der Waals surface area contributed by atoms with E-state index in [2.05, 4.69) is 11.0 Å². The first-order chi connectivity index (χ1) is 9.24. The molecule has 0 bridgehead atoms. The van der Waals surface area contributed by atoms with E-state index in [1.807, 2.05) is 35.7 Å². The fourth-order valence-electron chi connectivity index (χ4n) is 2.36. The average molecular weight is 332 g/mol. The van der Waals surface area contributed by atoms with Crippen LogP contribution in [-0.2, 0) is 0 Å². The molecule has 0 amide bonds. The summed E-state index contributed by atoms with van der Waals surface area (Å²) < 4.78 is 0. The van der Waals surface area contributed by atoms with E-state index in [1.54, 1.807) is 0 Å². The molecule has 2 aliphatic heterocycles. The van der Waals surface area contributed by atoms with Crippen LogP contribution in [-0.4, -0.2) is 41.8 Å². The molecule has 102 valence electrons. The number of nitrogens with zero attached hydrogens (tertiary/aromatic N) is 1. The molecule has 1 aromatic carbocycles. The van der Waals surface area contributed by atoms with Crippen LogP contribution in [0.15, 0.2) is 28.7 Å². The van der Waals surface area contributed by atoms with Crippen LogP contribution in [0.5, 0.6) is 0 Å². The Labute approximate surface area is 132 Å². The number of rotatable bonds is 2. The number of fused-ring (bicyclic) bond motifs is 1. The van der Waals surface area contributed by atoms with Crippen molar-refractivity contribution in [2.75, 3.05) is 36.9 Å². The Morgan fingerprint density at radius 2 is 1.95 bits per heavy atom. The fraction of sp³-hybridized carbons (Fsp3) is 0.429. The van der Waals surface area contributed by atoms with Crippen LogP contribution in [0, 0.1) is 0 Å². The molecule has 5 heteroatoms. The largest absolute Gasteiger partial charge is 0.298 e. The fourth-order valence-corrected chi connectivity index (χ4v) is 4.98.